The van der Waals surface area contributed by atoms with Gasteiger partial charge in [0.05, 0.1) is 5.92 Å². The fourth-order valence-electron chi connectivity index (χ4n) is 1.61. The van der Waals surface area contributed by atoms with Gasteiger partial charge in [0, 0.05) is 18.3 Å². The van der Waals surface area contributed by atoms with Crippen molar-refractivity contribution >= 4 is 17.7 Å². The number of carbonyl (C=O) groups is 2. The van der Waals surface area contributed by atoms with Crippen LogP contribution in [0.15, 0.2) is 18.2 Å². The number of hydrogen-bond donors (Lipinski definition) is 3. The predicted molar refractivity (Wildman–Crippen MR) is 69.3 cm³/mol. The first-order valence-corrected chi connectivity index (χ1v) is 6.03. The molecule has 0 saturated carbocycles. The van der Waals surface area contributed by atoms with Gasteiger partial charge in [-0.25, -0.2) is 13.6 Å². The summed E-state index contributed by atoms with van der Waals surface area (Å²) < 4.78 is 25.8. The van der Waals surface area contributed by atoms with Gasteiger partial charge in [-0.2, -0.15) is 0 Å². The Bertz CT molecular complexity index is 486. The zero-order valence-electron chi connectivity index (χ0n) is 11.1. The van der Waals surface area contributed by atoms with Gasteiger partial charge >= 0.3 is 12.0 Å². The molecule has 0 bridgehead atoms. The Labute approximate surface area is 115 Å². The number of carbonyl (C=O) groups excluding carboxylic acids is 1. The van der Waals surface area contributed by atoms with Crippen LogP contribution in [-0.2, 0) is 4.79 Å². The Morgan fingerprint density at radius 1 is 1.20 bits per heavy atom. The Kier molecular flexibility index (Phi) is 5.42. The summed E-state index contributed by atoms with van der Waals surface area (Å²) in [5.41, 5.74) is -0.0450. The van der Waals surface area contributed by atoms with Crippen LogP contribution in [0.1, 0.15) is 13.8 Å². The minimum Gasteiger partial charge on any atom is -0.481 e. The highest BCUT2D eigenvalue weighted by atomic mass is 19.1. The topological polar surface area (TPSA) is 78.4 Å². The molecule has 1 atom stereocenters. The van der Waals surface area contributed by atoms with Crippen LogP contribution >= 0.6 is 0 Å². The van der Waals surface area contributed by atoms with Crippen molar-refractivity contribution in [3.05, 3.63) is 29.8 Å². The minimum absolute atomic E-state index is 0.0450. The number of amides is 2. The largest absolute Gasteiger partial charge is 0.481 e. The standard InChI is InChI=1S/C13H16F2N2O3/c1-7(2)11(12(18)19)6-16-13(20)17-10-4-8(14)3-9(15)5-10/h3-5,7,11H,6H2,1-2H3,(H,18,19)(H2,16,17,20). The molecule has 1 rings (SSSR count). The Hall–Kier alpha value is -2.18. The molecule has 20 heavy (non-hydrogen) atoms. The van der Waals surface area contributed by atoms with Crippen molar-refractivity contribution in [1.29, 1.82) is 0 Å². The molecule has 0 heterocycles. The molecule has 1 aromatic rings. The van der Waals surface area contributed by atoms with Crippen molar-refractivity contribution in [3.63, 3.8) is 0 Å². The molecular weight excluding hydrogens is 270 g/mol. The van der Waals surface area contributed by atoms with Crippen LogP contribution in [0.2, 0.25) is 0 Å². The molecule has 0 spiro atoms. The molecule has 0 aromatic heterocycles. The molecule has 0 saturated heterocycles. The van der Waals surface area contributed by atoms with Gasteiger partial charge in [0.1, 0.15) is 11.6 Å². The van der Waals surface area contributed by atoms with Crippen molar-refractivity contribution < 1.29 is 23.5 Å². The molecule has 1 unspecified atom stereocenters. The van der Waals surface area contributed by atoms with Gasteiger partial charge in [-0.1, -0.05) is 13.8 Å². The first kappa shape index (κ1) is 15.9. The molecule has 0 radical (unpaired) electrons. The molecule has 0 aliphatic rings. The van der Waals surface area contributed by atoms with E-state index in [1.807, 2.05) is 0 Å². The maximum Gasteiger partial charge on any atom is 0.319 e. The Balaban J connectivity index is 2.57. The minimum atomic E-state index is -1.02. The third kappa shape index (κ3) is 4.83. The average molecular weight is 286 g/mol. The normalized spacial score (nSPS) is 12.1. The van der Waals surface area contributed by atoms with Crippen LogP contribution in [0.25, 0.3) is 0 Å². The van der Waals surface area contributed by atoms with Crippen LogP contribution in [-0.4, -0.2) is 23.7 Å². The zero-order chi connectivity index (χ0) is 15.3. The molecule has 110 valence electrons. The van der Waals surface area contributed by atoms with Gasteiger partial charge < -0.3 is 15.7 Å². The van der Waals surface area contributed by atoms with Crippen molar-refractivity contribution in [2.24, 2.45) is 11.8 Å². The van der Waals surface area contributed by atoms with Gasteiger partial charge in [0.25, 0.3) is 0 Å². The number of carboxylic acids is 1. The highest BCUT2D eigenvalue weighted by Crippen LogP contribution is 2.13. The highest BCUT2D eigenvalue weighted by molar-refractivity contribution is 5.89. The van der Waals surface area contributed by atoms with Gasteiger partial charge in [0.2, 0.25) is 0 Å². The summed E-state index contributed by atoms with van der Waals surface area (Å²) in [6.45, 7) is 3.37. The molecule has 2 amide bonds. The van der Waals surface area contributed by atoms with Crippen molar-refractivity contribution in [2.45, 2.75) is 13.8 Å². The van der Waals surface area contributed by atoms with Gasteiger partial charge in [-0.05, 0) is 18.1 Å². The number of nitrogens with one attached hydrogen (secondary N) is 2. The monoisotopic (exact) mass is 286 g/mol. The lowest BCUT2D eigenvalue weighted by atomic mass is 9.96. The number of anilines is 1. The van der Waals surface area contributed by atoms with Crippen LogP contribution in [0.4, 0.5) is 19.3 Å². The number of halogens is 2. The molecule has 5 nitrogen and oxygen atoms in total. The van der Waals surface area contributed by atoms with E-state index >= 15 is 0 Å². The summed E-state index contributed by atoms with van der Waals surface area (Å²) in [4.78, 5) is 22.5. The Morgan fingerprint density at radius 3 is 2.20 bits per heavy atom. The number of hydrogen-bond acceptors (Lipinski definition) is 2. The van der Waals surface area contributed by atoms with E-state index in [0.717, 1.165) is 12.1 Å². The van der Waals surface area contributed by atoms with E-state index in [0.29, 0.717) is 6.07 Å². The molecule has 0 aliphatic carbocycles. The van der Waals surface area contributed by atoms with Crippen LogP contribution in [0, 0.1) is 23.5 Å². The second kappa shape index (κ2) is 6.83. The van der Waals surface area contributed by atoms with Crippen LogP contribution < -0.4 is 10.6 Å². The molecule has 3 N–H and O–H groups in total. The maximum atomic E-state index is 12.9. The van der Waals surface area contributed by atoms with Crippen molar-refractivity contribution in [2.75, 3.05) is 11.9 Å². The molecule has 1 aromatic carbocycles. The third-order valence-corrected chi connectivity index (χ3v) is 2.72. The van der Waals surface area contributed by atoms with Gasteiger partial charge in [-0.3, -0.25) is 4.79 Å². The lowest BCUT2D eigenvalue weighted by Crippen LogP contribution is -2.37. The summed E-state index contributed by atoms with van der Waals surface area (Å²) in [7, 11) is 0. The number of carboxylic acid groups (broad SMARTS) is 1. The lowest BCUT2D eigenvalue weighted by Gasteiger charge is -2.17. The third-order valence-electron chi connectivity index (χ3n) is 2.72. The van der Waals surface area contributed by atoms with E-state index in [1.165, 1.54) is 0 Å². The summed E-state index contributed by atoms with van der Waals surface area (Å²) in [6.07, 6.45) is 0. The number of aliphatic carboxylic acids is 1. The fraction of sp³-hybridized carbons (Fsp3) is 0.385. The quantitative estimate of drug-likeness (QED) is 0.778. The predicted octanol–water partition coefficient (Wildman–Crippen LogP) is 2.44. The fourth-order valence-corrected chi connectivity index (χ4v) is 1.61. The van der Waals surface area contributed by atoms with Crippen LogP contribution in [0.3, 0.4) is 0 Å². The summed E-state index contributed by atoms with van der Waals surface area (Å²) in [5.74, 6) is -3.53. The van der Waals surface area contributed by atoms with Gasteiger partial charge in [-0.15, -0.1) is 0 Å². The summed E-state index contributed by atoms with van der Waals surface area (Å²) in [6, 6.07) is 1.88. The van der Waals surface area contributed by atoms with Crippen LogP contribution in [0.5, 0.6) is 0 Å². The smallest absolute Gasteiger partial charge is 0.319 e. The SMILES string of the molecule is CC(C)C(CNC(=O)Nc1cc(F)cc(F)c1)C(=O)O. The maximum absolute atomic E-state index is 12.9. The Morgan fingerprint density at radius 2 is 1.75 bits per heavy atom. The second-order valence-electron chi connectivity index (χ2n) is 4.68. The summed E-state index contributed by atoms with van der Waals surface area (Å²) in [5, 5.41) is 13.5. The highest BCUT2D eigenvalue weighted by Gasteiger charge is 2.21. The first-order chi connectivity index (χ1) is 9.29. The first-order valence-electron chi connectivity index (χ1n) is 6.03. The average Bonchev–Trinajstić information content (AvgIpc) is 2.26. The van der Waals surface area contributed by atoms with Crippen molar-refractivity contribution in [3.8, 4) is 0 Å². The van der Waals surface area contributed by atoms with Gasteiger partial charge in [0.15, 0.2) is 0 Å². The second-order valence-corrected chi connectivity index (χ2v) is 4.68. The molecule has 7 heteroatoms. The lowest BCUT2D eigenvalue weighted by molar-refractivity contribution is -0.142. The van der Waals surface area contributed by atoms with E-state index in [2.05, 4.69) is 10.6 Å². The van der Waals surface area contributed by atoms with E-state index in [1.54, 1.807) is 13.8 Å². The van der Waals surface area contributed by atoms with Crippen molar-refractivity contribution in [1.82, 2.24) is 5.32 Å². The summed E-state index contributed by atoms with van der Waals surface area (Å²) >= 11 is 0. The van der Waals surface area contributed by atoms with E-state index < -0.39 is 29.6 Å². The number of urea groups is 1. The number of rotatable bonds is 5. The number of benzene rings is 1. The van der Waals surface area contributed by atoms with E-state index in [9.17, 15) is 18.4 Å². The molecular formula is C13H16F2N2O3. The van der Waals surface area contributed by atoms with E-state index in [4.69, 9.17) is 5.11 Å². The van der Waals surface area contributed by atoms with E-state index in [-0.39, 0.29) is 18.2 Å². The molecule has 0 aliphatic heterocycles. The zero-order valence-corrected chi connectivity index (χ0v) is 11.1. The molecule has 0 fully saturated rings.